The van der Waals surface area contributed by atoms with Crippen LogP contribution >= 0.6 is 0 Å². The summed E-state index contributed by atoms with van der Waals surface area (Å²) in [6.45, 7) is 2.08. The van der Waals surface area contributed by atoms with E-state index in [1.807, 2.05) is 0 Å². The summed E-state index contributed by atoms with van der Waals surface area (Å²) >= 11 is 0. The lowest BCUT2D eigenvalue weighted by atomic mass is 9.69. The van der Waals surface area contributed by atoms with E-state index in [9.17, 15) is 8.78 Å². The fraction of sp³-hybridized carbons (Fsp3) is 0.579. The second-order valence-corrected chi connectivity index (χ2v) is 6.70. The van der Waals surface area contributed by atoms with Gasteiger partial charge in [0.25, 0.3) is 0 Å². The van der Waals surface area contributed by atoms with Crippen LogP contribution in [0.15, 0.2) is 24.3 Å². The van der Waals surface area contributed by atoms with Gasteiger partial charge in [-0.05, 0) is 86.8 Å². The van der Waals surface area contributed by atoms with Gasteiger partial charge in [-0.3, -0.25) is 0 Å². The minimum Gasteiger partial charge on any atom is -0.204 e. The van der Waals surface area contributed by atoms with Gasteiger partial charge in [-0.1, -0.05) is 18.2 Å². The second-order valence-electron chi connectivity index (χ2n) is 6.70. The van der Waals surface area contributed by atoms with Crippen LogP contribution in [0.1, 0.15) is 50.2 Å². The lowest BCUT2D eigenvalue weighted by molar-refractivity contribution is 0.204. The van der Waals surface area contributed by atoms with E-state index in [-0.39, 0.29) is 0 Å². The highest BCUT2D eigenvalue weighted by Gasteiger charge is 2.31. The fourth-order valence-electron chi connectivity index (χ4n) is 4.28. The van der Waals surface area contributed by atoms with Gasteiger partial charge in [-0.25, -0.2) is 8.78 Å². The molecule has 0 saturated heterocycles. The Morgan fingerprint density at radius 3 is 2.48 bits per heavy atom. The first kappa shape index (κ1) is 14.7. The Morgan fingerprint density at radius 1 is 1.00 bits per heavy atom. The maximum absolute atomic E-state index is 14.0. The van der Waals surface area contributed by atoms with Crippen molar-refractivity contribution in [3.63, 3.8) is 0 Å². The Morgan fingerprint density at radius 2 is 1.76 bits per heavy atom. The summed E-state index contributed by atoms with van der Waals surface area (Å²) in [6, 6.07) is 3.05. The van der Waals surface area contributed by atoms with E-state index in [0.717, 1.165) is 30.7 Å². The molecule has 0 bridgehead atoms. The molecule has 1 fully saturated rings. The number of rotatable bonds is 2. The van der Waals surface area contributed by atoms with Crippen LogP contribution in [0.3, 0.4) is 0 Å². The van der Waals surface area contributed by atoms with E-state index in [2.05, 4.69) is 19.1 Å². The molecule has 1 aromatic carbocycles. The van der Waals surface area contributed by atoms with E-state index in [1.54, 1.807) is 6.07 Å². The molecule has 2 aliphatic rings. The van der Waals surface area contributed by atoms with Crippen molar-refractivity contribution in [3.8, 4) is 0 Å². The van der Waals surface area contributed by atoms with Gasteiger partial charge in [-0.15, -0.1) is 0 Å². The number of halogens is 2. The molecule has 0 N–H and O–H groups in total. The lowest BCUT2D eigenvalue weighted by Gasteiger charge is -2.36. The summed E-state index contributed by atoms with van der Waals surface area (Å²) in [5.41, 5.74) is 1.68. The summed E-state index contributed by atoms with van der Waals surface area (Å²) in [5.74, 6) is 0.685. The van der Waals surface area contributed by atoms with Gasteiger partial charge in [0, 0.05) is 0 Å². The SMILES string of the molecule is C/C=C/C1CCC(C2CCc3ccc(F)c(F)c3C2)CC1. The molecular weight excluding hydrogens is 266 g/mol. The van der Waals surface area contributed by atoms with E-state index >= 15 is 0 Å². The molecule has 2 heteroatoms. The van der Waals surface area contributed by atoms with Crippen molar-refractivity contribution in [1.29, 1.82) is 0 Å². The van der Waals surface area contributed by atoms with Gasteiger partial charge >= 0.3 is 0 Å². The molecule has 0 amide bonds. The van der Waals surface area contributed by atoms with Gasteiger partial charge in [0.15, 0.2) is 11.6 Å². The lowest BCUT2D eigenvalue weighted by Crippen LogP contribution is -2.27. The number of fused-ring (bicyclic) bond motifs is 1. The van der Waals surface area contributed by atoms with Crippen LogP contribution in [0.4, 0.5) is 8.78 Å². The number of hydrogen-bond donors (Lipinski definition) is 0. The van der Waals surface area contributed by atoms with E-state index < -0.39 is 11.6 Å². The molecular formula is C19H24F2. The number of aryl methyl sites for hydroxylation is 1. The first-order valence-corrected chi connectivity index (χ1v) is 8.27. The minimum absolute atomic E-state index is 0.542. The standard InChI is InChI=1S/C19H24F2/c1-2-3-13-4-6-14(7-5-13)16-9-8-15-10-11-18(20)19(21)17(15)12-16/h2-3,10-11,13-14,16H,4-9,12H2,1H3/b3-2+. The topological polar surface area (TPSA) is 0 Å². The fourth-order valence-corrected chi connectivity index (χ4v) is 4.28. The van der Waals surface area contributed by atoms with Crippen LogP contribution in [-0.4, -0.2) is 0 Å². The molecule has 0 spiro atoms. The summed E-state index contributed by atoms with van der Waals surface area (Å²) in [6.07, 6.45) is 12.2. The average molecular weight is 290 g/mol. The van der Waals surface area contributed by atoms with E-state index in [0.29, 0.717) is 17.4 Å². The van der Waals surface area contributed by atoms with E-state index in [1.165, 1.54) is 31.7 Å². The summed E-state index contributed by atoms with van der Waals surface area (Å²) < 4.78 is 27.4. The van der Waals surface area contributed by atoms with Crippen LogP contribution in [0, 0.1) is 29.4 Å². The van der Waals surface area contributed by atoms with Gasteiger partial charge in [-0.2, -0.15) is 0 Å². The number of hydrogen-bond acceptors (Lipinski definition) is 0. The predicted octanol–water partition coefficient (Wildman–Crippen LogP) is 5.45. The molecule has 2 aliphatic carbocycles. The average Bonchev–Trinajstić information content (AvgIpc) is 2.52. The highest BCUT2D eigenvalue weighted by molar-refractivity contribution is 5.32. The maximum Gasteiger partial charge on any atom is 0.162 e. The highest BCUT2D eigenvalue weighted by Crippen LogP contribution is 2.40. The molecule has 0 aliphatic heterocycles. The van der Waals surface area contributed by atoms with Crippen molar-refractivity contribution in [2.24, 2.45) is 17.8 Å². The van der Waals surface area contributed by atoms with Crippen LogP contribution < -0.4 is 0 Å². The van der Waals surface area contributed by atoms with Crippen molar-refractivity contribution in [3.05, 3.63) is 47.0 Å². The molecule has 1 saturated carbocycles. The van der Waals surface area contributed by atoms with Gasteiger partial charge in [0.2, 0.25) is 0 Å². The molecule has 1 atom stereocenters. The third kappa shape index (κ3) is 3.04. The van der Waals surface area contributed by atoms with Crippen molar-refractivity contribution in [1.82, 2.24) is 0 Å². The zero-order valence-corrected chi connectivity index (χ0v) is 12.7. The maximum atomic E-state index is 14.0. The monoisotopic (exact) mass is 290 g/mol. The quantitative estimate of drug-likeness (QED) is 0.635. The number of benzene rings is 1. The summed E-state index contributed by atoms with van der Waals surface area (Å²) in [4.78, 5) is 0. The summed E-state index contributed by atoms with van der Waals surface area (Å²) in [5, 5.41) is 0. The first-order valence-electron chi connectivity index (χ1n) is 8.27. The molecule has 0 radical (unpaired) electrons. The Balaban J connectivity index is 1.68. The highest BCUT2D eigenvalue weighted by atomic mass is 19.2. The largest absolute Gasteiger partial charge is 0.204 e. The van der Waals surface area contributed by atoms with Crippen molar-refractivity contribution in [2.75, 3.05) is 0 Å². The van der Waals surface area contributed by atoms with Crippen molar-refractivity contribution < 1.29 is 8.78 Å². The molecule has 1 unspecified atom stereocenters. The Hall–Kier alpha value is -1.18. The number of allylic oxidation sites excluding steroid dienone is 2. The van der Waals surface area contributed by atoms with Crippen LogP contribution in [0.5, 0.6) is 0 Å². The Kier molecular flexibility index (Phi) is 4.42. The van der Waals surface area contributed by atoms with Crippen molar-refractivity contribution in [2.45, 2.75) is 51.9 Å². The summed E-state index contributed by atoms with van der Waals surface area (Å²) in [7, 11) is 0. The zero-order chi connectivity index (χ0) is 14.8. The zero-order valence-electron chi connectivity index (χ0n) is 12.7. The second kappa shape index (κ2) is 6.29. The minimum atomic E-state index is -0.689. The normalized spacial score (nSPS) is 29.6. The molecule has 0 heterocycles. The van der Waals surface area contributed by atoms with Crippen LogP contribution in [0.2, 0.25) is 0 Å². The molecule has 114 valence electrons. The smallest absolute Gasteiger partial charge is 0.162 e. The predicted molar refractivity (Wildman–Crippen MR) is 82.1 cm³/mol. The van der Waals surface area contributed by atoms with Gasteiger partial charge < -0.3 is 0 Å². The van der Waals surface area contributed by atoms with Gasteiger partial charge in [0.05, 0.1) is 0 Å². The third-order valence-corrected chi connectivity index (χ3v) is 5.49. The molecule has 3 rings (SSSR count). The first-order chi connectivity index (χ1) is 10.2. The molecule has 21 heavy (non-hydrogen) atoms. The molecule has 1 aromatic rings. The van der Waals surface area contributed by atoms with Gasteiger partial charge in [0.1, 0.15) is 0 Å². The van der Waals surface area contributed by atoms with E-state index in [4.69, 9.17) is 0 Å². The van der Waals surface area contributed by atoms with Crippen molar-refractivity contribution >= 4 is 0 Å². The molecule has 0 aromatic heterocycles. The molecule has 0 nitrogen and oxygen atoms in total. The van der Waals surface area contributed by atoms with Crippen LogP contribution in [-0.2, 0) is 12.8 Å². The third-order valence-electron chi connectivity index (χ3n) is 5.49. The Labute approximate surface area is 126 Å². The Bertz CT molecular complexity index is 525. The van der Waals surface area contributed by atoms with Crippen LogP contribution in [0.25, 0.3) is 0 Å².